The summed E-state index contributed by atoms with van der Waals surface area (Å²) in [5.41, 5.74) is 0.802. The number of hydrogen-bond acceptors (Lipinski definition) is 5. The molecule has 0 saturated heterocycles. The Kier molecular flexibility index (Phi) is 5.26. The molecule has 0 bridgehead atoms. The van der Waals surface area contributed by atoms with Crippen LogP contribution in [-0.4, -0.2) is 39.9 Å². The van der Waals surface area contributed by atoms with Crippen molar-refractivity contribution in [3.8, 4) is 11.5 Å². The number of benzene rings is 2. The molecule has 0 aliphatic heterocycles. The lowest BCUT2D eigenvalue weighted by Crippen LogP contribution is -2.23. The van der Waals surface area contributed by atoms with Crippen molar-refractivity contribution in [1.29, 1.82) is 0 Å². The van der Waals surface area contributed by atoms with Crippen LogP contribution in [0.5, 0.6) is 11.5 Å². The Balaban J connectivity index is 2.40. The lowest BCUT2D eigenvalue weighted by Gasteiger charge is -2.14. The van der Waals surface area contributed by atoms with Gasteiger partial charge in [0, 0.05) is 14.1 Å². The third kappa shape index (κ3) is 3.58. The highest BCUT2D eigenvalue weighted by atomic mass is 32.2. The minimum absolute atomic E-state index is 0.0325. The smallest absolute Gasteiger partial charge is 0.343 e. The van der Waals surface area contributed by atoms with Gasteiger partial charge in [-0.2, -0.15) is 0 Å². The average Bonchev–Trinajstić information content (AvgIpc) is 2.55. The number of ether oxygens (including phenoxy) is 2. The normalized spacial score (nSPS) is 11.4. The molecule has 0 aliphatic rings. The van der Waals surface area contributed by atoms with Crippen LogP contribution in [0.4, 0.5) is 0 Å². The van der Waals surface area contributed by atoms with Gasteiger partial charge in [-0.15, -0.1) is 0 Å². The summed E-state index contributed by atoms with van der Waals surface area (Å²) < 4.78 is 36.1. The Morgan fingerprint density at radius 1 is 1.04 bits per heavy atom. The largest absolute Gasteiger partial charge is 0.493 e. The summed E-state index contributed by atoms with van der Waals surface area (Å²) in [6.45, 7) is 1.71. The van der Waals surface area contributed by atoms with E-state index in [2.05, 4.69) is 0 Å². The predicted octanol–water partition coefficient (Wildman–Crippen LogP) is 2.47. The van der Waals surface area contributed by atoms with Crippen LogP contribution in [0, 0.1) is 6.92 Å². The van der Waals surface area contributed by atoms with Crippen molar-refractivity contribution < 1.29 is 22.7 Å². The fourth-order valence-corrected chi connectivity index (χ4v) is 2.98. The summed E-state index contributed by atoms with van der Waals surface area (Å²) in [7, 11) is 0.705. The second-order valence-corrected chi connectivity index (χ2v) is 7.46. The maximum Gasteiger partial charge on any atom is 0.343 e. The maximum absolute atomic E-state index is 12.5. The van der Waals surface area contributed by atoms with Gasteiger partial charge in [0.2, 0.25) is 10.0 Å². The number of sulfonamides is 1. The van der Waals surface area contributed by atoms with Crippen molar-refractivity contribution in [2.24, 2.45) is 0 Å². The lowest BCUT2D eigenvalue weighted by molar-refractivity contribution is 0.0728. The molecule has 0 unspecified atom stereocenters. The Hall–Kier alpha value is -2.38. The van der Waals surface area contributed by atoms with Gasteiger partial charge in [0.1, 0.15) is 0 Å². The van der Waals surface area contributed by atoms with Gasteiger partial charge in [-0.1, -0.05) is 18.2 Å². The number of aryl methyl sites for hydroxylation is 1. The Labute approximate surface area is 141 Å². The SMILES string of the molecule is COc1ccccc1OC(=O)c1cc(S(=O)(=O)N(C)C)ccc1C. The molecule has 2 aromatic carbocycles. The first-order chi connectivity index (χ1) is 11.3. The van der Waals surface area contributed by atoms with Crippen LogP contribution in [-0.2, 0) is 10.0 Å². The van der Waals surface area contributed by atoms with Gasteiger partial charge in [-0.25, -0.2) is 17.5 Å². The number of para-hydroxylation sites is 2. The highest BCUT2D eigenvalue weighted by Crippen LogP contribution is 2.27. The van der Waals surface area contributed by atoms with Crippen LogP contribution in [0.25, 0.3) is 0 Å². The van der Waals surface area contributed by atoms with Crippen LogP contribution in [0.1, 0.15) is 15.9 Å². The van der Waals surface area contributed by atoms with Crippen molar-refractivity contribution in [2.75, 3.05) is 21.2 Å². The number of rotatable bonds is 5. The number of esters is 1. The van der Waals surface area contributed by atoms with Gasteiger partial charge in [0.05, 0.1) is 17.6 Å². The van der Waals surface area contributed by atoms with Crippen molar-refractivity contribution in [3.05, 3.63) is 53.6 Å². The topological polar surface area (TPSA) is 72.9 Å². The average molecular weight is 349 g/mol. The van der Waals surface area contributed by atoms with E-state index in [0.29, 0.717) is 11.3 Å². The molecule has 0 amide bonds. The summed E-state index contributed by atoms with van der Waals surface area (Å²) in [4.78, 5) is 12.5. The van der Waals surface area contributed by atoms with Crippen molar-refractivity contribution in [3.63, 3.8) is 0 Å². The number of methoxy groups -OCH3 is 1. The second kappa shape index (κ2) is 7.02. The number of hydrogen-bond donors (Lipinski definition) is 0. The first-order valence-electron chi connectivity index (χ1n) is 7.15. The van der Waals surface area contributed by atoms with E-state index in [9.17, 15) is 13.2 Å². The van der Waals surface area contributed by atoms with E-state index in [-0.39, 0.29) is 16.2 Å². The molecule has 0 saturated carbocycles. The van der Waals surface area contributed by atoms with Gasteiger partial charge >= 0.3 is 5.97 Å². The third-order valence-electron chi connectivity index (χ3n) is 3.48. The molecule has 128 valence electrons. The zero-order chi connectivity index (χ0) is 17.9. The minimum atomic E-state index is -3.63. The monoisotopic (exact) mass is 349 g/mol. The molecule has 0 radical (unpaired) electrons. The molecule has 7 heteroatoms. The van der Waals surface area contributed by atoms with Crippen molar-refractivity contribution in [2.45, 2.75) is 11.8 Å². The van der Waals surface area contributed by atoms with Crippen molar-refractivity contribution in [1.82, 2.24) is 4.31 Å². The molecule has 0 aromatic heterocycles. The van der Waals surface area contributed by atoms with E-state index in [1.165, 1.54) is 33.3 Å². The minimum Gasteiger partial charge on any atom is -0.493 e. The van der Waals surface area contributed by atoms with Crippen LogP contribution >= 0.6 is 0 Å². The Bertz CT molecular complexity index is 859. The Morgan fingerprint density at radius 3 is 2.25 bits per heavy atom. The van der Waals surface area contributed by atoms with Crippen LogP contribution in [0.3, 0.4) is 0 Å². The molecule has 2 rings (SSSR count). The van der Waals surface area contributed by atoms with Crippen molar-refractivity contribution >= 4 is 16.0 Å². The second-order valence-electron chi connectivity index (χ2n) is 5.30. The highest BCUT2D eigenvalue weighted by Gasteiger charge is 2.21. The highest BCUT2D eigenvalue weighted by molar-refractivity contribution is 7.89. The lowest BCUT2D eigenvalue weighted by atomic mass is 10.1. The van der Waals surface area contributed by atoms with Gasteiger partial charge in [0.15, 0.2) is 11.5 Å². The fourth-order valence-electron chi connectivity index (χ4n) is 2.05. The third-order valence-corrected chi connectivity index (χ3v) is 5.29. The standard InChI is InChI=1S/C17H19NO5S/c1-12-9-10-13(24(20,21)18(2)3)11-14(12)17(19)23-16-8-6-5-7-15(16)22-4/h5-11H,1-4H3. The molecule has 6 nitrogen and oxygen atoms in total. The van der Waals surface area contributed by atoms with Crippen LogP contribution < -0.4 is 9.47 Å². The summed E-state index contributed by atoms with van der Waals surface area (Å²) >= 11 is 0. The summed E-state index contributed by atoms with van der Waals surface area (Å²) in [5, 5.41) is 0. The summed E-state index contributed by atoms with van der Waals surface area (Å²) in [6.07, 6.45) is 0. The molecule has 0 N–H and O–H groups in total. The molecule has 0 atom stereocenters. The zero-order valence-corrected chi connectivity index (χ0v) is 14.8. The molecule has 0 fully saturated rings. The summed E-state index contributed by atoms with van der Waals surface area (Å²) in [6, 6.07) is 11.1. The molecule has 0 heterocycles. The van der Waals surface area contributed by atoms with Gasteiger partial charge in [-0.05, 0) is 36.8 Å². The van der Waals surface area contributed by atoms with E-state index in [1.54, 1.807) is 37.3 Å². The number of carbonyl (C=O) groups is 1. The van der Waals surface area contributed by atoms with Crippen LogP contribution in [0.2, 0.25) is 0 Å². The molecule has 2 aromatic rings. The number of carbonyl (C=O) groups excluding carboxylic acids is 1. The van der Waals surface area contributed by atoms with Gasteiger partial charge in [0.25, 0.3) is 0 Å². The molecule has 0 aliphatic carbocycles. The van der Waals surface area contributed by atoms with E-state index in [1.807, 2.05) is 0 Å². The molecular formula is C17H19NO5S. The maximum atomic E-state index is 12.5. The first kappa shape index (κ1) is 18.0. The first-order valence-corrected chi connectivity index (χ1v) is 8.59. The molecule has 0 spiro atoms. The van der Waals surface area contributed by atoms with E-state index in [0.717, 1.165) is 4.31 Å². The molecular weight excluding hydrogens is 330 g/mol. The predicted molar refractivity (Wildman–Crippen MR) is 90.0 cm³/mol. The quantitative estimate of drug-likeness (QED) is 0.612. The number of nitrogens with zero attached hydrogens (tertiary/aromatic N) is 1. The van der Waals surface area contributed by atoms with E-state index >= 15 is 0 Å². The van der Waals surface area contributed by atoms with Gasteiger partial charge < -0.3 is 9.47 Å². The fraction of sp³-hybridized carbons (Fsp3) is 0.235. The van der Waals surface area contributed by atoms with Gasteiger partial charge in [-0.3, -0.25) is 0 Å². The zero-order valence-electron chi connectivity index (χ0n) is 13.9. The summed E-state index contributed by atoms with van der Waals surface area (Å²) in [5.74, 6) is 0.0404. The molecule has 24 heavy (non-hydrogen) atoms. The van der Waals surface area contributed by atoms with E-state index < -0.39 is 16.0 Å². The van der Waals surface area contributed by atoms with E-state index in [4.69, 9.17) is 9.47 Å². The van der Waals surface area contributed by atoms with Crippen LogP contribution in [0.15, 0.2) is 47.4 Å². The Morgan fingerprint density at radius 2 is 1.67 bits per heavy atom.